The van der Waals surface area contributed by atoms with Gasteiger partial charge < -0.3 is 4.90 Å². The summed E-state index contributed by atoms with van der Waals surface area (Å²) in [6.07, 6.45) is 17.1. The van der Waals surface area contributed by atoms with Crippen LogP contribution in [0.15, 0.2) is 140 Å². The van der Waals surface area contributed by atoms with Gasteiger partial charge in [0.25, 0.3) is 0 Å². The average Bonchev–Trinajstić information content (AvgIpc) is 3.49. The second-order valence-electron chi connectivity index (χ2n) is 20.8. The molecule has 0 radical (unpaired) electrons. The van der Waals surface area contributed by atoms with E-state index >= 15 is 0 Å². The number of nitrogens with zero attached hydrogens (tertiary/aromatic N) is 1. The molecular formula is C58H55N. The smallest absolute Gasteiger partial charge is 0.0468 e. The fourth-order valence-corrected chi connectivity index (χ4v) is 16.8. The van der Waals surface area contributed by atoms with Crippen molar-refractivity contribution in [1.82, 2.24) is 0 Å². The van der Waals surface area contributed by atoms with E-state index in [9.17, 15) is 0 Å². The van der Waals surface area contributed by atoms with Gasteiger partial charge in [-0.1, -0.05) is 116 Å². The Morgan fingerprint density at radius 1 is 0.322 bits per heavy atom. The number of fused-ring (bicyclic) bond motifs is 8. The van der Waals surface area contributed by atoms with Crippen LogP contribution in [0.1, 0.15) is 99.3 Å². The highest BCUT2D eigenvalue weighted by atomic mass is 15.1. The summed E-state index contributed by atoms with van der Waals surface area (Å²) in [4.78, 5) is 2.64. The first-order chi connectivity index (χ1) is 29.2. The first-order valence-corrected chi connectivity index (χ1v) is 23.6. The van der Waals surface area contributed by atoms with Crippen LogP contribution in [0.25, 0.3) is 33.4 Å². The Morgan fingerprint density at radius 3 is 1.54 bits per heavy atom. The zero-order valence-electron chi connectivity index (χ0n) is 34.3. The minimum Gasteiger partial charge on any atom is -0.310 e. The third kappa shape index (κ3) is 4.53. The van der Waals surface area contributed by atoms with Gasteiger partial charge in [-0.2, -0.15) is 0 Å². The Bertz CT molecular complexity index is 2650. The summed E-state index contributed by atoms with van der Waals surface area (Å²) < 4.78 is 0. The van der Waals surface area contributed by atoms with E-state index < -0.39 is 0 Å². The molecule has 8 bridgehead atoms. The van der Waals surface area contributed by atoms with Crippen LogP contribution in [-0.4, -0.2) is 0 Å². The molecule has 10 atom stereocenters. The molecule has 6 aromatic carbocycles. The van der Waals surface area contributed by atoms with E-state index in [1.54, 1.807) is 22.3 Å². The molecule has 0 N–H and O–H groups in total. The van der Waals surface area contributed by atoms with Gasteiger partial charge in [0, 0.05) is 27.9 Å². The zero-order valence-corrected chi connectivity index (χ0v) is 34.3. The van der Waals surface area contributed by atoms with Gasteiger partial charge in [0.05, 0.1) is 0 Å². The lowest BCUT2D eigenvalue weighted by Gasteiger charge is -2.53. The fourth-order valence-electron chi connectivity index (χ4n) is 16.8. The highest BCUT2D eigenvalue weighted by molar-refractivity contribution is 5.90. The highest BCUT2D eigenvalue weighted by Crippen LogP contribution is 2.70. The van der Waals surface area contributed by atoms with Crippen molar-refractivity contribution in [3.63, 3.8) is 0 Å². The molecular weight excluding hydrogens is 711 g/mol. The summed E-state index contributed by atoms with van der Waals surface area (Å²) >= 11 is 0. The standard InChI is InChI=1S/C58H55N/c1-2-9-40(10-3-1)41-11-8-12-46(33-41)59(47-22-24-55-52(34-47)50-14-5-7-16-54(50)57(55)42-19-17-36-25-38(29-42)31-44(57)27-36)48-21-23-51-49-13-4-6-15-53(49)58(56(51)35-48)43-20-18-37-26-39(30-43)32-45(58)28-37/h1-16,21-24,33-39,42-45H,17-20,25-32H2. The van der Waals surface area contributed by atoms with Crippen LogP contribution in [0, 0.1) is 47.3 Å². The van der Waals surface area contributed by atoms with Crippen molar-refractivity contribution < 1.29 is 0 Å². The third-order valence-corrected chi connectivity index (χ3v) is 18.4. The summed E-state index contributed by atoms with van der Waals surface area (Å²) in [5.74, 6) is 6.68. The Kier molecular flexibility index (Phi) is 7.09. The second kappa shape index (κ2) is 12.3. The molecule has 1 heteroatoms. The maximum Gasteiger partial charge on any atom is 0.0468 e. The SMILES string of the molecule is c1ccc(-c2cccc(N(c3ccc4c(c3)-c3ccccc3C43C4CCC5CC(C4)CC3C5)c3ccc4c(c3)C3(c5ccccc5-4)C4CCC5CC(C4)CC3C5)c2)cc1. The molecule has 6 aromatic rings. The van der Waals surface area contributed by atoms with E-state index in [1.165, 1.54) is 127 Å². The first kappa shape index (κ1) is 33.9. The van der Waals surface area contributed by atoms with Gasteiger partial charge in [-0.3, -0.25) is 0 Å². The van der Waals surface area contributed by atoms with E-state index in [-0.39, 0.29) is 10.8 Å². The first-order valence-electron chi connectivity index (χ1n) is 23.6. The van der Waals surface area contributed by atoms with E-state index in [0.717, 1.165) is 47.3 Å². The van der Waals surface area contributed by atoms with E-state index in [4.69, 9.17) is 0 Å². The highest BCUT2D eigenvalue weighted by Gasteiger charge is 2.61. The van der Waals surface area contributed by atoms with Crippen molar-refractivity contribution in [3.05, 3.63) is 162 Å². The summed E-state index contributed by atoms with van der Waals surface area (Å²) in [5, 5.41) is 0. The lowest BCUT2D eigenvalue weighted by molar-refractivity contribution is 0.0617. The predicted octanol–water partition coefficient (Wildman–Crippen LogP) is 15.0. The molecule has 8 saturated carbocycles. The van der Waals surface area contributed by atoms with Crippen LogP contribution in [0.5, 0.6) is 0 Å². The molecule has 0 amide bonds. The molecule has 0 aromatic heterocycles. The molecule has 16 rings (SSSR count). The molecule has 59 heavy (non-hydrogen) atoms. The normalized spacial score (nSPS) is 33.4. The fraction of sp³-hybridized carbons (Fsp3) is 0.379. The molecule has 0 aliphatic heterocycles. The minimum atomic E-state index is 0.117. The Labute approximate surface area is 350 Å². The van der Waals surface area contributed by atoms with Crippen LogP contribution in [0.2, 0.25) is 0 Å². The van der Waals surface area contributed by atoms with Gasteiger partial charge in [0.15, 0.2) is 0 Å². The van der Waals surface area contributed by atoms with Crippen LogP contribution in [0.4, 0.5) is 17.1 Å². The molecule has 0 heterocycles. The third-order valence-electron chi connectivity index (χ3n) is 18.4. The molecule has 10 aliphatic carbocycles. The van der Waals surface area contributed by atoms with Crippen LogP contribution >= 0.6 is 0 Å². The van der Waals surface area contributed by atoms with Crippen molar-refractivity contribution in [2.45, 2.75) is 87.9 Å². The number of rotatable bonds is 4. The summed E-state index contributed by atoms with van der Waals surface area (Å²) in [5.41, 5.74) is 19.2. The van der Waals surface area contributed by atoms with E-state index in [1.807, 2.05) is 0 Å². The van der Waals surface area contributed by atoms with E-state index in [2.05, 4.69) is 144 Å². The van der Waals surface area contributed by atoms with Gasteiger partial charge in [0.1, 0.15) is 0 Å². The molecule has 8 fully saturated rings. The molecule has 2 spiro atoms. The van der Waals surface area contributed by atoms with Gasteiger partial charge in [-0.15, -0.1) is 0 Å². The number of anilines is 3. The van der Waals surface area contributed by atoms with Crippen LogP contribution < -0.4 is 4.90 Å². The van der Waals surface area contributed by atoms with Crippen molar-refractivity contribution >= 4 is 17.1 Å². The summed E-state index contributed by atoms with van der Waals surface area (Å²) in [6.45, 7) is 0. The molecule has 10 unspecified atom stereocenters. The molecule has 0 saturated heterocycles. The molecule has 10 aliphatic rings. The van der Waals surface area contributed by atoms with Crippen molar-refractivity contribution in [2.75, 3.05) is 4.90 Å². The number of hydrogen-bond acceptors (Lipinski definition) is 1. The Morgan fingerprint density at radius 2 is 0.831 bits per heavy atom. The number of benzene rings is 6. The lowest BCUT2D eigenvalue weighted by Crippen LogP contribution is -2.48. The van der Waals surface area contributed by atoms with E-state index in [0.29, 0.717) is 0 Å². The second-order valence-corrected chi connectivity index (χ2v) is 20.8. The van der Waals surface area contributed by atoms with Crippen molar-refractivity contribution in [3.8, 4) is 33.4 Å². The van der Waals surface area contributed by atoms with Crippen LogP contribution in [0.3, 0.4) is 0 Å². The minimum absolute atomic E-state index is 0.117. The largest absolute Gasteiger partial charge is 0.310 e. The monoisotopic (exact) mass is 765 g/mol. The lowest BCUT2D eigenvalue weighted by atomic mass is 9.51. The molecule has 292 valence electrons. The van der Waals surface area contributed by atoms with Gasteiger partial charge in [-0.25, -0.2) is 0 Å². The van der Waals surface area contributed by atoms with Crippen LogP contribution in [-0.2, 0) is 10.8 Å². The molecule has 1 nitrogen and oxygen atoms in total. The van der Waals surface area contributed by atoms with Gasteiger partial charge >= 0.3 is 0 Å². The summed E-state index contributed by atoms with van der Waals surface area (Å²) in [6, 6.07) is 55.2. The van der Waals surface area contributed by atoms with Crippen molar-refractivity contribution in [2.24, 2.45) is 47.3 Å². The quantitative estimate of drug-likeness (QED) is 0.173. The maximum atomic E-state index is 2.71. The maximum absolute atomic E-state index is 2.71. The zero-order chi connectivity index (χ0) is 38.5. The predicted molar refractivity (Wildman–Crippen MR) is 242 cm³/mol. The average molecular weight is 766 g/mol. The van der Waals surface area contributed by atoms with Gasteiger partial charge in [0.2, 0.25) is 0 Å². The van der Waals surface area contributed by atoms with Crippen molar-refractivity contribution in [1.29, 1.82) is 0 Å². The Hall–Kier alpha value is -4.88. The topological polar surface area (TPSA) is 3.24 Å². The summed E-state index contributed by atoms with van der Waals surface area (Å²) in [7, 11) is 0. The Balaban J connectivity index is 0.980. The van der Waals surface area contributed by atoms with Gasteiger partial charge in [-0.05, 0) is 204 Å². The number of hydrogen-bond donors (Lipinski definition) is 0.